The Kier molecular flexibility index (Phi) is 12.8. The van der Waals surface area contributed by atoms with Crippen molar-refractivity contribution in [3.8, 4) is 49.5 Å². The van der Waals surface area contributed by atoms with Gasteiger partial charge in [-0.1, -0.05) is 48.5 Å². The second-order valence-corrected chi connectivity index (χ2v) is 18.2. The third-order valence-corrected chi connectivity index (χ3v) is 15.3. The minimum Gasteiger partial charge on any atom is -0.379 e. The van der Waals surface area contributed by atoms with E-state index in [-0.39, 0.29) is 0 Å². The Labute approximate surface area is 343 Å². The van der Waals surface area contributed by atoms with Crippen molar-refractivity contribution >= 4 is 73.7 Å². The summed E-state index contributed by atoms with van der Waals surface area (Å²) in [5, 5.41) is 0. The lowest BCUT2D eigenvalue weighted by Crippen LogP contribution is -2.10. The van der Waals surface area contributed by atoms with Gasteiger partial charge in [-0.3, -0.25) is 0 Å². The maximum atomic E-state index is 5.78. The van der Waals surface area contributed by atoms with Gasteiger partial charge in [-0.15, -0.1) is 56.7 Å². The quantitative estimate of drug-likeness (QED) is 0.0807. The van der Waals surface area contributed by atoms with E-state index in [2.05, 4.69) is 150 Å². The normalized spacial score (nSPS) is 11.4. The second kappa shape index (κ2) is 18.7. The van der Waals surface area contributed by atoms with Crippen LogP contribution in [-0.2, 0) is 20.6 Å². The fourth-order valence-corrected chi connectivity index (χ4v) is 11.6. The van der Waals surface area contributed by atoms with Crippen molar-refractivity contribution in [3.05, 3.63) is 150 Å². The molecule has 0 saturated carbocycles. The van der Waals surface area contributed by atoms with Crippen molar-refractivity contribution < 1.29 is 14.2 Å². The molecule has 0 N–H and O–H groups in total. The van der Waals surface area contributed by atoms with Crippen LogP contribution in [0, 0.1) is 0 Å². The molecule has 8 aromatic rings. The van der Waals surface area contributed by atoms with Crippen LogP contribution in [0.15, 0.2) is 146 Å². The zero-order valence-electron chi connectivity index (χ0n) is 30.5. The molecule has 0 fully saturated rings. The number of benzene rings is 3. The highest BCUT2D eigenvalue weighted by molar-refractivity contribution is 7.30. The molecule has 8 rings (SSSR count). The molecule has 9 heteroatoms. The Morgan fingerprint density at radius 3 is 1.24 bits per heavy atom. The van der Waals surface area contributed by atoms with Gasteiger partial charge in [-0.25, -0.2) is 0 Å². The average molecular weight is 816 g/mol. The number of para-hydroxylation sites is 2. The topological polar surface area (TPSA) is 30.9 Å². The molecule has 55 heavy (non-hydrogen) atoms. The molecule has 0 spiro atoms. The lowest BCUT2D eigenvalue weighted by Gasteiger charge is -2.25. The van der Waals surface area contributed by atoms with Crippen molar-refractivity contribution in [1.29, 1.82) is 0 Å². The van der Waals surface area contributed by atoms with E-state index in [1.54, 1.807) is 0 Å². The smallest absolute Gasteiger partial charge is 0.0701 e. The van der Waals surface area contributed by atoms with Crippen LogP contribution in [0.25, 0.3) is 49.5 Å². The summed E-state index contributed by atoms with van der Waals surface area (Å²) >= 11 is 9.34. The zero-order valence-corrected chi connectivity index (χ0v) is 34.6. The lowest BCUT2D eigenvalue weighted by molar-refractivity contribution is 0.0176. The summed E-state index contributed by atoms with van der Waals surface area (Å²) < 4.78 is 16.6. The highest BCUT2D eigenvalue weighted by atomic mass is 32.1. The molecule has 0 unspecified atom stereocenters. The summed E-state index contributed by atoms with van der Waals surface area (Å²) in [6, 6.07) is 52.7. The Balaban J connectivity index is 0.881. The highest BCUT2D eigenvalue weighted by Gasteiger charge is 2.15. The number of thiophene rings is 5. The van der Waals surface area contributed by atoms with Gasteiger partial charge in [0.05, 0.1) is 33.0 Å². The van der Waals surface area contributed by atoms with E-state index < -0.39 is 0 Å². The largest absolute Gasteiger partial charge is 0.379 e. The summed E-state index contributed by atoms with van der Waals surface area (Å²) in [5.74, 6) is 0. The van der Waals surface area contributed by atoms with Crippen molar-refractivity contribution in [3.63, 3.8) is 0 Å². The number of hydrogen-bond donors (Lipinski definition) is 0. The molecular weight excluding hydrogens is 775 g/mol. The third kappa shape index (κ3) is 9.45. The van der Waals surface area contributed by atoms with Gasteiger partial charge < -0.3 is 19.1 Å². The Morgan fingerprint density at radius 1 is 0.364 bits per heavy atom. The molecule has 0 atom stereocenters. The molecule has 0 radical (unpaired) electrons. The van der Waals surface area contributed by atoms with Gasteiger partial charge >= 0.3 is 0 Å². The molecule has 0 bridgehead atoms. The number of hydrogen-bond acceptors (Lipinski definition) is 9. The molecule has 5 heterocycles. The van der Waals surface area contributed by atoms with Crippen LogP contribution in [0.1, 0.15) is 11.8 Å². The number of rotatable bonds is 18. The predicted molar refractivity (Wildman–Crippen MR) is 240 cm³/mol. The molecule has 4 nitrogen and oxygen atoms in total. The number of ether oxygens (including phenoxy) is 3. The lowest BCUT2D eigenvalue weighted by atomic mass is 10.1. The van der Waals surface area contributed by atoms with Gasteiger partial charge in [0, 0.05) is 78.9 Å². The van der Waals surface area contributed by atoms with Gasteiger partial charge in [0.2, 0.25) is 0 Å². The summed E-state index contributed by atoms with van der Waals surface area (Å²) in [5.41, 5.74) is 4.65. The van der Waals surface area contributed by atoms with Gasteiger partial charge in [-0.05, 0) is 110 Å². The second-order valence-electron chi connectivity index (χ2n) is 12.6. The Bertz CT molecular complexity index is 2330. The molecule has 3 aromatic carbocycles. The van der Waals surface area contributed by atoms with Gasteiger partial charge in [0.1, 0.15) is 0 Å². The van der Waals surface area contributed by atoms with E-state index >= 15 is 0 Å². The first-order valence-corrected chi connectivity index (χ1v) is 22.5. The molecule has 0 amide bonds. The fraction of sp³-hybridized carbons (Fsp3) is 0.174. The zero-order chi connectivity index (χ0) is 37.2. The van der Waals surface area contributed by atoms with Crippen molar-refractivity contribution in [2.24, 2.45) is 0 Å². The SMILES string of the molecule is CCOCCOCCOCCc1ccc(-c2ccc(-c3ccc(-c4ccc(-c5ccc(-c6ccc(N(c7ccccc7)c7ccccc7)cc6)s5)s4)s3)s2)s1. The van der Waals surface area contributed by atoms with E-state index in [9.17, 15) is 0 Å². The standard InChI is InChI=1S/C46H41NO3S5/c1-2-48-29-30-50-32-31-49-28-27-37-17-18-39(51-37)40-21-22-43(53-40)44-25-26-46(55-44)45-24-23-42(54-45)41-20-19-38(52-41)33-13-15-36(16-14-33)47(34-9-5-3-6-10-34)35-11-7-4-8-12-35/h3-26H,2,27-32H2,1H3. The Hall–Kier alpha value is -4.16. The van der Waals surface area contributed by atoms with Gasteiger partial charge in [0.15, 0.2) is 0 Å². The van der Waals surface area contributed by atoms with Crippen LogP contribution in [-0.4, -0.2) is 39.6 Å². The number of anilines is 3. The van der Waals surface area contributed by atoms with E-state index in [1.165, 1.54) is 54.3 Å². The van der Waals surface area contributed by atoms with E-state index in [0.717, 1.165) is 30.1 Å². The van der Waals surface area contributed by atoms with Crippen molar-refractivity contribution in [1.82, 2.24) is 0 Å². The third-order valence-electron chi connectivity index (χ3n) is 8.94. The average Bonchev–Trinajstić information content (AvgIpc) is 4.08. The first-order chi connectivity index (χ1) is 27.2. The molecule has 0 saturated heterocycles. The van der Waals surface area contributed by atoms with E-state index in [4.69, 9.17) is 14.2 Å². The first-order valence-electron chi connectivity index (χ1n) is 18.5. The van der Waals surface area contributed by atoms with Crippen LogP contribution in [0.3, 0.4) is 0 Å². The number of nitrogens with zero attached hydrogens (tertiary/aromatic N) is 1. The molecule has 278 valence electrons. The summed E-state index contributed by atoms with van der Waals surface area (Å²) in [6.07, 6.45) is 0.919. The predicted octanol–water partition coefficient (Wildman–Crippen LogP) is 14.4. The molecule has 5 aromatic heterocycles. The molecule has 0 aliphatic heterocycles. The van der Waals surface area contributed by atoms with Crippen LogP contribution in [0.4, 0.5) is 17.1 Å². The van der Waals surface area contributed by atoms with Crippen molar-refractivity contribution in [2.45, 2.75) is 13.3 Å². The van der Waals surface area contributed by atoms with Crippen LogP contribution in [0.5, 0.6) is 0 Å². The van der Waals surface area contributed by atoms with Crippen LogP contribution in [0.2, 0.25) is 0 Å². The molecule has 0 aliphatic carbocycles. The maximum absolute atomic E-state index is 5.78. The highest BCUT2D eigenvalue weighted by Crippen LogP contribution is 2.46. The monoisotopic (exact) mass is 815 g/mol. The fourth-order valence-electron chi connectivity index (χ4n) is 6.21. The van der Waals surface area contributed by atoms with Crippen molar-refractivity contribution in [2.75, 3.05) is 44.5 Å². The summed E-state index contributed by atoms with van der Waals surface area (Å²) in [7, 11) is 0. The van der Waals surface area contributed by atoms with E-state index in [1.807, 2.05) is 63.6 Å². The van der Waals surface area contributed by atoms with E-state index in [0.29, 0.717) is 33.0 Å². The minimum atomic E-state index is 0.607. The maximum Gasteiger partial charge on any atom is 0.0701 e. The van der Waals surface area contributed by atoms with Gasteiger partial charge in [-0.2, -0.15) is 0 Å². The summed E-state index contributed by atoms with van der Waals surface area (Å²) in [4.78, 5) is 15.4. The van der Waals surface area contributed by atoms with Crippen LogP contribution < -0.4 is 4.90 Å². The van der Waals surface area contributed by atoms with Crippen LogP contribution >= 0.6 is 56.7 Å². The minimum absolute atomic E-state index is 0.607. The Morgan fingerprint density at radius 2 is 0.745 bits per heavy atom. The molecular formula is C46H41NO3S5. The van der Waals surface area contributed by atoms with Gasteiger partial charge in [0.25, 0.3) is 0 Å². The summed E-state index contributed by atoms with van der Waals surface area (Å²) in [6.45, 7) is 5.91. The molecule has 0 aliphatic rings. The first kappa shape index (κ1) is 37.7.